The second kappa shape index (κ2) is 5.27. The van der Waals surface area contributed by atoms with Crippen LogP contribution in [0, 0.1) is 11.7 Å². The number of Topliss-reactive ketones (excluding diaryl/α,β-unsaturated/α-hetero) is 1. The van der Waals surface area contributed by atoms with Crippen LogP contribution in [0.5, 0.6) is 0 Å². The Balaban J connectivity index is 2.16. The number of hydrogen-bond donors (Lipinski definition) is 0. The number of piperidine rings is 1. The van der Waals surface area contributed by atoms with Gasteiger partial charge in [-0.3, -0.25) is 4.79 Å². The quantitative estimate of drug-likeness (QED) is 0.782. The van der Waals surface area contributed by atoms with Crippen LogP contribution in [0.25, 0.3) is 0 Å². The Kier molecular flexibility index (Phi) is 3.94. The molecule has 0 unspecified atom stereocenters. The first-order valence-corrected chi connectivity index (χ1v) is 6.55. The number of carbonyl (C=O) groups is 1. The summed E-state index contributed by atoms with van der Waals surface area (Å²) in [5, 5.41) is 0. The maximum absolute atomic E-state index is 13.2. The van der Waals surface area contributed by atoms with Gasteiger partial charge < -0.3 is 4.90 Å². The van der Waals surface area contributed by atoms with Gasteiger partial charge in [0, 0.05) is 16.0 Å². The van der Waals surface area contributed by atoms with Crippen LogP contribution in [-0.4, -0.2) is 30.8 Å². The van der Waals surface area contributed by atoms with E-state index in [4.69, 9.17) is 0 Å². The van der Waals surface area contributed by atoms with Gasteiger partial charge in [-0.15, -0.1) is 0 Å². The molecule has 0 radical (unpaired) electrons. The summed E-state index contributed by atoms with van der Waals surface area (Å²) in [7, 11) is 2.05. The molecular weight excluding hydrogens is 285 g/mol. The van der Waals surface area contributed by atoms with Crippen LogP contribution in [0.15, 0.2) is 22.7 Å². The van der Waals surface area contributed by atoms with Gasteiger partial charge in [0.2, 0.25) is 0 Å². The lowest BCUT2D eigenvalue weighted by Gasteiger charge is -2.28. The highest BCUT2D eigenvalue weighted by atomic mass is 79.9. The maximum atomic E-state index is 13.2. The van der Waals surface area contributed by atoms with Crippen LogP contribution in [0.2, 0.25) is 0 Å². The van der Waals surface area contributed by atoms with Crippen molar-refractivity contribution in [3.63, 3.8) is 0 Å². The summed E-state index contributed by atoms with van der Waals surface area (Å²) in [5.74, 6) is -0.266. The number of benzene rings is 1. The largest absolute Gasteiger partial charge is 0.306 e. The monoisotopic (exact) mass is 299 g/mol. The summed E-state index contributed by atoms with van der Waals surface area (Å²) in [6.07, 6.45) is 1.72. The van der Waals surface area contributed by atoms with Crippen molar-refractivity contribution in [2.75, 3.05) is 20.1 Å². The standard InChI is InChI=1S/C13H15BrFNO/c1-16-6-4-9(5-7-16)13(17)11-8-10(15)2-3-12(11)14/h2-3,8-9H,4-7H2,1H3. The summed E-state index contributed by atoms with van der Waals surface area (Å²) < 4.78 is 13.8. The van der Waals surface area contributed by atoms with Crippen molar-refractivity contribution in [2.24, 2.45) is 5.92 Å². The third-order valence-electron chi connectivity index (χ3n) is 3.28. The smallest absolute Gasteiger partial charge is 0.167 e. The molecule has 1 fully saturated rings. The van der Waals surface area contributed by atoms with E-state index in [0.29, 0.717) is 10.0 Å². The van der Waals surface area contributed by atoms with E-state index in [1.54, 1.807) is 6.07 Å². The molecule has 0 atom stereocenters. The minimum Gasteiger partial charge on any atom is -0.306 e. The SMILES string of the molecule is CN1CCC(C(=O)c2cc(F)ccc2Br)CC1. The molecule has 0 N–H and O–H groups in total. The van der Waals surface area contributed by atoms with Crippen molar-refractivity contribution in [1.29, 1.82) is 0 Å². The van der Waals surface area contributed by atoms with E-state index < -0.39 is 0 Å². The lowest BCUT2D eigenvalue weighted by molar-refractivity contribution is 0.0855. The number of carbonyl (C=O) groups excluding carboxylic acids is 1. The van der Waals surface area contributed by atoms with Gasteiger partial charge >= 0.3 is 0 Å². The molecule has 4 heteroatoms. The molecule has 0 saturated carbocycles. The van der Waals surface area contributed by atoms with Gasteiger partial charge in [-0.2, -0.15) is 0 Å². The van der Waals surface area contributed by atoms with Gasteiger partial charge in [0.05, 0.1) is 0 Å². The second-order valence-corrected chi connectivity index (χ2v) is 5.42. The highest BCUT2D eigenvalue weighted by molar-refractivity contribution is 9.10. The average molecular weight is 300 g/mol. The topological polar surface area (TPSA) is 20.3 Å². The van der Waals surface area contributed by atoms with Crippen LogP contribution in [0.3, 0.4) is 0 Å². The van der Waals surface area contributed by atoms with Gasteiger partial charge in [-0.05, 0) is 51.2 Å². The summed E-state index contributed by atoms with van der Waals surface area (Å²) in [6.45, 7) is 1.87. The predicted molar refractivity (Wildman–Crippen MR) is 68.7 cm³/mol. The van der Waals surface area contributed by atoms with E-state index in [1.807, 2.05) is 0 Å². The Bertz CT molecular complexity index is 427. The lowest BCUT2D eigenvalue weighted by Crippen LogP contribution is -2.33. The number of hydrogen-bond acceptors (Lipinski definition) is 2. The first-order valence-electron chi connectivity index (χ1n) is 5.75. The van der Waals surface area contributed by atoms with Crippen LogP contribution < -0.4 is 0 Å². The molecule has 0 spiro atoms. The average Bonchev–Trinajstić information content (AvgIpc) is 2.32. The van der Waals surface area contributed by atoms with E-state index in [0.717, 1.165) is 25.9 Å². The third-order valence-corrected chi connectivity index (χ3v) is 3.97. The zero-order chi connectivity index (χ0) is 12.4. The Labute approximate surface area is 109 Å². The van der Waals surface area contributed by atoms with Crippen molar-refractivity contribution in [3.05, 3.63) is 34.1 Å². The molecule has 1 saturated heterocycles. The van der Waals surface area contributed by atoms with Gasteiger partial charge in [0.1, 0.15) is 5.82 Å². The predicted octanol–water partition coefficient (Wildman–Crippen LogP) is 3.11. The number of halogens is 2. The van der Waals surface area contributed by atoms with Crippen LogP contribution in [-0.2, 0) is 0 Å². The lowest BCUT2D eigenvalue weighted by atomic mass is 9.89. The first-order chi connectivity index (χ1) is 8.08. The molecule has 0 amide bonds. The fourth-order valence-corrected chi connectivity index (χ4v) is 2.62. The molecule has 0 bridgehead atoms. The minimum atomic E-state index is -0.357. The van der Waals surface area contributed by atoms with Gasteiger partial charge in [0.15, 0.2) is 5.78 Å². The zero-order valence-electron chi connectivity index (χ0n) is 9.75. The fourth-order valence-electron chi connectivity index (χ4n) is 2.18. The molecule has 0 aliphatic carbocycles. The molecule has 2 rings (SSSR count). The van der Waals surface area contributed by atoms with Crippen LogP contribution >= 0.6 is 15.9 Å². The number of ketones is 1. The van der Waals surface area contributed by atoms with Crippen LogP contribution in [0.1, 0.15) is 23.2 Å². The second-order valence-electron chi connectivity index (χ2n) is 4.57. The fraction of sp³-hybridized carbons (Fsp3) is 0.462. The molecule has 92 valence electrons. The molecule has 1 heterocycles. The Morgan fingerprint density at radius 1 is 1.41 bits per heavy atom. The van der Waals surface area contributed by atoms with Gasteiger partial charge in [-0.1, -0.05) is 15.9 Å². The van der Waals surface area contributed by atoms with Crippen LogP contribution in [0.4, 0.5) is 4.39 Å². The first kappa shape index (κ1) is 12.7. The molecular formula is C13H15BrFNO. The van der Waals surface area contributed by atoms with Crippen molar-refractivity contribution < 1.29 is 9.18 Å². The Hall–Kier alpha value is -0.740. The Morgan fingerprint density at radius 3 is 2.71 bits per heavy atom. The van der Waals surface area contributed by atoms with Crippen molar-refractivity contribution >= 4 is 21.7 Å². The van der Waals surface area contributed by atoms with E-state index in [9.17, 15) is 9.18 Å². The number of likely N-dealkylation sites (tertiary alicyclic amines) is 1. The van der Waals surface area contributed by atoms with E-state index in [1.165, 1.54) is 12.1 Å². The summed E-state index contributed by atoms with van der Waals surface area (Å²) >= 11 is 3.31. The van der Waals surface area contributed by atoms with Crippen molar-refractivity contribution in [1.82, 2.24) is 4.90 Å². The molecule has 2 nitrogen and oxygen atoms in total. The molecule has 17 heavy (non-hydrogen) atoms. The highest BCUT2D eigenvalue weighted by Crippen LogP contribution is 2.26. The molecule has 0 aromatic heterocycles. The van der Waals surface area contributed by atoms with E-state index in [2.05, 4.69) is 27.9 Å². The summed E-state index contributed by atoms with van der Waals surface area (Å²) in [5.41, 5.74) is 0.472. The summed E-state index contributed by atoms with van der Waals surface area (Å²) in [6, 6.07) is 4.28. The third kappa shape index (κ3) is 2.93. The van der Waals surface area contributed by atoms with Crippen molar-refractivity contribution in [3.8, 4) is 0 Å². The van der Waals surface area contributed by atoms with E-state index >= 15 is 0 Å². The molecule has 1 aliphatic rings. The summed E-state index contributed by atoms with van der Waals surface area (Å²) in [4.78, 5) is 14.5. The maximum Gasteiger partial charge on any atom is 0.167 e. The normalized spacial score (nSPS) is 18.3. The molecule has 1 aliphatic heterocycles. The number of rotatable bonds is 2. The minimum absolute atomic E-state index is 0.0318. The number of nitrogens with zero attached hydrogens (tertiary/aromatic N) is 1. The Morgan fingerprint density at radius 2 is 2.06 bits per heavy atom. The highest BCUT2D eigenvalue weighted by Gasteiger charge is 2.25. The van der Waals surface area contributed by atoms with Gasteiger partial charge in [0.25, 0.3) is 0 Å². The van der Waals surface area contributed by atoms with Gasteiger partial charge in [-0.25, -0.2) is 4.39 Å². The van der Waals surface area contributed by atoms with Crippen molar-refractivity contribution in [2.45, 2.75) is 12.8 Å². The molecule has 1 aromatic carbocycles. The van der Waals surface area contributed by atoms with E-state index in [-0.39, 0.29) is 17.5 Å². The molecule has 1 aromatic rings. The zero-order valence-corrected chi connectivity index (χ0v) is 11.3.